The molecule has 2 fully saturated rings. The molecule has 0 radical (unpaired) electrons. The molecule has 3 heterocycles. The molecule has 27 heavy (non-hydrogen) atoms. The fraction of sp³-hybridized carbons (Fsp3) is 0.444. The Morgan fingerprint density at radius 3 is 2.81 bits per heavy atom. The number of benzene rings is 1. The van der Waals surface area contributed by atoms with E-state index in [-0.39, 0.29) is 22.6 Å². The van der Waals surface area contributed by atoms with Gasteiger partial charge in [0.25, 0.3) is 0 Å². The standard InChI is InChI=1S/C18H22N4O4S/c1-13-18(23)20-9-3-5-15(20)12-22(13)27(24,25)17-11-14(6-7-16(17)26-2)21-10-4-8-19-21/h4,6-8,10-11,13,15H,3,5,9,12H2,1-2H3. The Morgan fingerprint density at radius 2 is 2.11 bits per heavy atom. The van der Waals surface area contributed by atoms with Crippen LogP contribution in [0.4, 0.5) is 0 Å². The summed E-state index contributed by atoms with van der Waals surface area (Å²) in [5.74, 6) is 0.119. The predicted molar refractivity (Wildman–Crippen MR) is 98.2 cm³/mol. The Kier molecular flexibility index (Phi) is 4.43. The van der Waals surface area contributed by atoms with Crippen molar-refractivity contribution in [2.45, 2.75) is 36.7 Å². The van der Waals surface area contributed by atoms with E-state index in [1.54, 1.807) is 48.3 Å². The van der Waals surface area contributed by atoms with Crippen LogP contribution < -0.4 is 4.74 Å². The van der Waals surface area contributed by atoms with Gasteiger partial charge < -0.3 is 9.64 Å². The third-order valence-corrected chi connectivity index (χ3v) is 7.30. The van der Waals surface area contributed by atoms with Crippen molar-refractivity contribution in [1.82, 2.24) is 19.0 Å². The van der Waals surface area contributed by atoms with Crippen LogP contribution in [0.5, 0.6) is 5.75 Å². The molecule has 9 heteroatoms. The number of methoxy groups -OCH3 is 1. The summed E-state index contributed by atoms with van der Waals surface area (Å²) in [6.07, 6.45) is 5.10. The fourth-order valence-corrected chi connectivity index (χ4v) is 5.71. The smallest absolute Gasteiger partial charge is 0.247 e. The first-order valence-electron chi connectivity index (χ1n) is 8.94. The summed E-state index contributed by atoms with van der Waals surface area (Å²) in [7, 11) is -2.48. The van der Waals surface area contributed by atoms with Gasteiger partial charge in [0.1, 0.15) is 16.7 Å². The van der Waals surface area contributed by atoms with Crippen LogP contribution in [-0.2, 0) is 14.8 Å². The molecule has 0 bridgehead atoms. The van der Waals surface area contributed by atoms with Crippen LogP contribution in [0.25, 0.3) is 5.69 Å². The summed E-state index contributed by atoms with van der Waals surface area (Å²) in [6.45, 7) is 2.67. The molecule has 0 saturated carbocycles. The monoisotopic (exact) mass is 390 g/mol. The van der Waals surface area contributed by atoms with E-state index in [9.17, 15) is 13.2 Å². The van der Waals surface area contributed by atoms with Crippen molar-refractivity contribution < 1.29 is 17.9 Å². The van der Waals surface area contributed by atoms with E-state index < -0.39 is 16.1 Å². The summed E-state index contributed by atoms with van der Waals surface area (Å²) in [5.41, 5.74) is 0.609. The van der Waals surface area contributed by atoms with Crippen molar-refractivity contribution in [2.24, 2.45) is 0 Å². The number of rotatable bonds is 4. The highest BCUT2D eigenvalue weighted by Crippen LogP contribution is 2.34. The molecule has 4 rings (SSSR count). The number of nitrogens with zero attached hydrogens (tertiary/aromatic N) is 4. The molecule has 0 aliphatic carbocycles. The molecule has 1 aromatic heterocycles. The molecule has 8 nitrogen and oxygen atoms in total. The lowest BCUT2D eigenvalue weighted by Gasteiger charge is -2.40. The SMILES string of the molecule is COc1ccc(-n2cccn2)cc1S(=O)(=O)N1CC2CCCN2C(=O)C1C. The molecule has 1 aromatic carbocycles. The van der Waals surface area contributed by atoms with Gasteiger partial charge in [-0.05, 0) is 44.0 Å². The van der Waals surface area contributed by atoms with Crippen molar-refractivity contribution >= 4 is 15.9 Å². The van der Waals surface area contributed by atoms with Crippen molar-refractivity contribution in [1.29, 1.82) is 0 Å². The molecule has 1 amide bonds. The number of fused-ring (bicyclic) bond motifs is 1. The number of aromatic nitrogens is 2. The van der Waals surface area contributed by atoms with E-state index in [0.717, 1.165) is 12.8 Å². The lowest BCUT2D eigenvalue weighted by molar-refractivity contribution is -0.139. The Morgan fingerprint density at radius 1 is 1.30 bits per heavy atom. The normalized spacial score (nSPS) is 23.5. The summed E-state index contributed by atoms with van der Waals surface area (Å²) in [5, 5.41) is 4.15. The first kappa shape index (κ1) is 18.0. The second-order valence-electron chi connectivity index (χ2n) is 6.86. The third kappa shape index (κ3) is 2.90. The zero-order valence-corrected chi connectivity index (χ0v) is 16.1. The number of amides is 1. The molecule has 2 aliphatic heterocycles. The highest BCUT2D eigenvalue weighted by atomic mass is 32.2. The molecule has 0 spiro atoms. The Bertz CT molecular complexity index is 958. The summed E-state index contributed by atoms with van der Waals surface area (Å²) in [6, 6.07) is 5.88. The largest absolute Gasteiger partial charge is 0.495 e. The number of carbonyl (C=O) groups is 1. The highest BCUT2D eigenvalue weighted by molar-refractivity contribution is 7.89. The maximum atomic E-state index is 13.5. The number of piperazine rings is 1. The number of sulfonamides is 1. The van der Waals surface area contributed by atoms with Gasteiger partial charge in [-0.3, -0.25) is 4.79 Å². The van der Waals surface area contributed by atoms with E-state index in [1.807, 2.05) is 4.90 Å². The average Bonchev–Trinajstić information content (AvgIpc) is 3.35. The quantitative estimate of drug-likeness (QED) is 0.785. The predicted octanol–water partition coefficient (Wildman–Crippen LogP) is 1.26. The summed E-state index contributed by atoms with van der Waals surface area (Å²) >= 11 is 0. The number of ether oxygens (including phenoxy) is 1. The molecule has 2 saturated heterocycles. The van der Waals surface area contributed by atoms with Crippen LogP contribution in [-0.4, -0.2) is 65.6 Å². The summed E-state index contributed by atoms with van der Waals surface area (Å²) in [4.78, 5) is 14.5. The van der Waals surface area contributed by atoms with Gasteiger partial charge in [-0.1, -0.05) is 0 Å². The van der Waals surface area contributed by atoms with Crippen LogP contribution in [0.15, 0.2) is 41.6 Å². The molecule has 144 valence electrons. The summed E-state index contributed by atoms with van der Waals surface area (Å²) < 4.78 is 35.2. The lowest BCUT2D eigenvalue weighted by Crippen LogP contribution is -2.59. The number of hydrogen-bond acceptors (Lipinski definition) is 5. The van der Waals surface area contributed by atoms with E-state index >= 15 is 0 Å². The van der Waals surface area contributed by atoms with E-state index in [2.05, 4.69) is 5.10 Å². The topological polar surface area (TPSA) is 84.7 Å². The van der Waals surface area contributed by atoms with Crippen LogP contribution in [0.1, 0.15) is 19.8 Å². The van der Waals surface area contributed by atoms with Crippen LogP contribution in [0.2, 0.25) is 0 Å². The van der Waals surface area contributed by atoms with Crippen molar-refractivity contribution in [3.8, 4) is 11.4 Å². The van der Waals surface area contributed by atoms with Gasteiger partial charge in [-0.25, -0.2) is 13.1 Å². The van der Waals surface area contributed by atoms with E-state index in [4.69, 9.17) is 4.74 Å². The van der Waals surface area contributed by atoms with Gasteiger partial charge in [0, 0.05) is 31.5 Å². The highest BCUT2D eigenvalue weighted by Gasteiger charge is 2.45. The van der Waals surface area contributed by atoms with E-state index in [0.29, 0.717) is 18.8 Å². The minimum atomic E-state index is -3.92. The van der Waals surface area contributed by atoms with Gasteiger partial charge in [0.15, 0.2) is 0 Å². The van der Waals surface area contributed by atoms with Crippen LogP contribution >= 0.6 is 0 Å². The Labute approximate surface area is 158 Å². The van der Waals surface area contributed by atoms with Gasteiger partial charge in [0.05, 0.1) is 12.8 Å². The van der Waals surface area contributed by atoms with Crippen LogP contribution in [0, 0.1) is 0 Å². The van der Waals surface area contributed by atoms with Gasteiger partial charge >= 0.3 is 0 Å². The van der Waals surface area contributed by atoms with Crippen LogP contribution in [0.3, 0.4) is 0 Å². The second kappa shape index (κ2) is 6.65. The third-order valence-electron chi connectivity index (χ3n) is 5.34. The van der Waals surface area contributed by atoms with Crippen molar-refractivity contribution in [2.75, 3.05) is 20.2 Å². The maximum absolute atomic E-state index is 13.5. The Balaban J connectivity index is 1.77. The first-order valence-corrected chi connectivity index (χ1v) is 10.4. The van der Waals surface area contributed by atoms with Gasteiger partial charge in [-0.15, -0.1) is 0 Å². The van der Waals surface area contributed by atoms with Crippen molar-refractivity contribution in [3.63, 3.8) is 0 Å². The molecule has 2 unspecified atom stereocenters. The first-order chi connectivity index (χ1) is 12.9. The number of carbonyl (C=O) groups excluding carboxylic acids is 1. The second-order valence-corrected chi connectivity index (χ2v) is 8.72. The zero-order valence-electron chi connectivity index (χ0n) is 15.3. The lowest BCUT2D eigenvalue weighted by atomic mass is 10.1. The minimum Gasteiger partial charge on any atom is -0.495 e. The molecule has 2 atom stereocenters. The molecule has 2 aliphatic rings. The van der Waals surface area contributed by atoms with Gasteiger partial charge in [-0.2, -0.15) is 9.40 Å². The fourth-order valence-electron chi connectivity index (χ4n) is 3.91. The van der Waals surface area contributed by atoms with E-state index in [1.165, 1.54) is 11.4 Å². The average molecular weight is 390 g/mol. The zero-order chi connectivity index (χ0) is 19.2. The molecule has 2 aromatic rings. The molecular weight excluding hydrogens is 368 g/mol. The Hall–Kier alpha value is -2.39. The minimum absolute atomic E-state index is 0.0455. The maximum Gasteiger partial charge on any atom is 0.247 e. The molecular formula is C18H22N4O4S. The number of hydrogen-bond donors (Lipinski definition) is 0. The molecule has 0 N–H and O–H groups in total. The van der Waals surface area contributed by atoms with Crippen molar-refractivity contribution in [3.05, 3.63) is 36.7 Å². The van der Waals surface area contributed by atoms with Gasteiger partial charge in [0.2, 0.25) is 15.9 Å².